The molecule has 0 aliphatic rings. The second-order valence-corrected chi connectivity index (χ2v) is 5.98. The van der Waals surface area contributed by atoms with Gasteiger partial charge in [-0.2, -0.15) is 0 Å². The quantitative estimate of drug-likeness (QED) is 0.721. The first kappa shape index (κ1) is 17.0. The molecule has 0 bridgehead atoms. The number of methoxy groups -OCH3 is 1. The highest BCUT2D eigenvalue weighted by Crippen LogP contribution is 2.33. The maximum Gasteiger partial charge on any atom is 0.274 e. The van der Waals surface area contributed by atoms with E-state index in [1.165, 1.54) is 0 Å². The van der Waals surface area contributed by atoms with Gasteiger partial charge >= 0.3 is 0 Å². The van der Waals surface area contributed by atoms with Crippen molar-refractivity contribution < 1.29 is 9.53 Å². The average molecular weight is 353 g/mol. The fourth-order valence-corrected chi connectivity index (χ4v) is 2.72. The molecule has 0 radical (unpaired) electrons. The minimum absolute atomic E-state index is 0.230. The molecule has 0 saturated heterocycles. The number of aromatic nitrogens is 1. The van der Waals surface area contributed by atoms with E-state index in [4.69, 9.17) is 16.3 Å². The SMILES string of the molecule is COc1ccc(Cl)cc1-c1ccc(NC(=O)c2ncccc2C)cc1. The third-order valence-corrected chi connectivity index (χ3v) is 4.07. The first-order valence-electron chi connectivity index (χ1n) is 7.75. The highest BCUT2D eigenvalue weighted by molar-refractivity contribution is 6.31. The molecule has 0 saturated carbocycles. The zero-order valence-electron chi connectivity index (χ0n) is 13.9. The second-order valence-electron chi connectivity index (χ2n) is 5.54. The summed E-state index contributed by atoms with van der Waals surface area (Å²) in [6, 6.07) is 16.6. The van der Waals surface area contributed by atoms with E-state index in [1.54, 1.807) is 25.4 Å². The van der Waals surface area contributed by atoms with E-state index in [0.717, 1.165) is 22.4 Å². The highest BCUT2D eigenvalue weighted by Gasteiger charge is 2.11. The van der Waals surface area contributed by atoms with Gasteiger partial charge in [-0.1, -0.05) is 29.8 Å². The van der Waals surface area contributed by atoms with Crippen molar-refractivity contribution in [3.05, 3.63) is 77.1 Å². The van der Waals surface area contributed by atoms with Crippen LogP contribution in [-0.2, 0) is 0 Å². The van der Waals surface area contributed by atoms with Crippen LogP contribution in [0.2, 0.25) is 5.02 Å². The van der Waals surface area contributed by atoms with E-state index in [1.807, 2.05) is 49.4 Å². The summed E-state index contributed by atoms with van der Waals surface area (Å²) < 4.78 is 5.38. The molecule has 0 fully saturated rings. The number of aryl methyl sites for hydroxylation is 1. The van der Waals surface area contributed by atoms with Crippen LogP contribution in [0.1, 0.15) is 16.1 Å². The lowest BCUT2D eigenvalue weighted by Crippen LogP contribution is -2.14. The van der Waals surface area contributed by atoms with Crippen LogP contribution in [0.15, 0.2) is 60.8 Å². The normalized spacial score (nSPS) is 10.4. The summed E-state index contributed by atoms with van der Waals surface area (Å²) in [6.07, 6.45) is 1.61. The molecule has 1 N–H and O–H groups in total. The Hall–Kier alpha value is -2.85. The standard InChI is InChI=1S/C20H17ClN2O2/c1-13-4-3-11-22-19(13)20(24)23-16-8-5-14(6-9-16)17-12-15(21)7-10-18(17)25-2/h3-12H,1-2H3,(H,23,24). The summed E-state index contributed by atoms with van der Waals surface area (Å²) in [5, 5.41) is 3.50. The Kier molecular flexibility index (Phi) is 5.00. The van der Waals surface area contributed by atoms with Crippen molar-refractivity contribution in [2.24, 2.45) is 0 Å². The number of hydrogen-bond acceptors (Lipinski definition) is 3. The lowest BCUT2D eigenvalue weighted by Gasteiger charge is -2.11. The molecule has 4 nitrogen and oxygen atoms in total. The Morgan fingerprint density at radius 1 is 1.12 bits per heavy atom. The van der Waals surface area contributed by atoms with E-state index in [2.05, 4.69) is 10.3 Å². The number of pyridine rings is 1. The molecule has 1 aromatic heterocycles. The molecule has 0 aliphatic carbocycles. The molecule has 2 aromatic carbocycles. The van der Waals surface area contributed by atoms with Gasteiger partial charge in [0.05, 0.1) is 7.11 Å². The van der Waals surface area contributed by atoms with E-state index < -0.39 is 0 Å². The Balaban J connectivity index is 1.83. The molecular weight excluding hydrogens is 336 g/mol. The average Bonchev–Trinajstić information content (AvgIpc) is 2.62. The molecule has 1 heterocycles. The Labute approximate surface area is 151 Å². The van der Waals surface area contributed by atoms with Crippen molar-refractivity contribution in [2.45, 2.75) is 6.92 Å². The van der Waals surface area contributed by atoms with Crippen molar-refractivity contribution in [3.8, 4) is 16.9 Å². The summed E-state index contributed by atoms with van der Waals surface area (Å²) in [7, 11) is 1.62. The van der Waals surface area contributed by atoms with Gasteiger partial charge in [0.2, 0.25) is 0 Å². The topological polar surface area (TPSA) is 51.2 Å². The minimum Gasteiger partial charge on any atom is -0.496 e. The number of nitrogens with one attached hydrogen (secondary N) is 1. The number of ether oxygens (including phenoxy) is 1. The molecule has 126 valence electrons. The molecular formula is C20H17ClN2O2. The van der Waals surface area contributed by atoms with Crippen LogP contribution in [0.25, 0.3) is 11.1 Å². The van der Waals surface area contributed by atoms with Crippen molar-refractivity contribution in [3.63, 3.8) is 0 Å². The van der Waals surface area contributed by atoms with Gasteiger partial charge in [-0.05, 0) is 54.4 Å². The van der Waals surface area contributed by atoms with Gasteiger partial charge in [0.15, 0.2) is 0 Å². The van der Waals surface area contributed by atoms with Crippen molar-refractivity contribution >= 4 is 23.2 Å². The van der Waals surface area contributed by atoms with Crippen molar-refractivity contribution in [1.82, 2.24) is 4.98 Å². The van der Waals surface area contributed by atoms with Crippen LogP contribution in [-0.4, -0.2) is 18.0 Å². The smallest absolute Gasteiger partial charge is 0.274 e. The monoisotopic (exact) mass is 352 g/mol. The fraction of sp³-hybridized carbons (Fsp3) is 0.100. The van der Waals surface area contributed by atoms with Gasteiger partial charge in [-0.25, -0.2) is 0 Å². The zero-order valence-corrected chi connectivity index (χ0v) is 14.7. The summed E-state index contributed by atoms with van der Waals surface area (Å²) >= 11 is 6.09. The van der Waals surface area contributed by atoms with Gasteiger partial charge in [0.25, 0.3) is 5.91 Å². The van der Waals surface area contributed by atoms with Crippen LogP contribution in [0, 0.1) is 6.92 Å². The number of hydrogen-bond donors (Lipinski definition) is 1. The molecule has 5 heteroatoms. The zero-order chi connectivity index (χ0) is 17.8. The van der Waals surface area contributed by atoms with Crippen LogP contribution in [0.5, 0.6) is 5.75 Å². The number of amides is 1. The lowest BCUT2D eigenvalue weighted by molar-refractivity contribution is 0.102. The van der Waals surface area contributed by atoms with E-state index in [9.17, 15) is 4.79 Å². The molecule has 0 aliphatic heterocycles. The van der Waals surface area contributed by atoms with Gasteiger partial charge < -0.3 is 10.1 Å². The first-order chi connectivity index (χ1) is 12.1. The summed E-state index contributed by atoms with van der Waals surface area (Å²) in [5.74, 6) is 0.511. The second kappa shape index (κ2) is 7.36. The fourth-order valence-electron chi connectivity index (χ4n) is 2.55. The number of nitrogens with zero attached hydrogens (tertiary/aromatic N) is 1. The van der Waals surface area contributed by atoms with Crippen LogP contribution >= 0.6 is 11.6 Å². The van der Waals surface area contributed by atoms with Gasteiger partial charge in [0.1, 0.15) is 11.4 Å². The molecule has 0 unspecified atom stereocenters. The van der Waals surface area contributed by atoms with Crippen LogP contribution in [0.3, 0.4) is 0 Å². The first-order valence-corrected chi connectivity index (χ1v) is 8.13. The molecule has 0 spiro atoms. The van der Waals surface area contributed by atoms with Crippen LogP contribution < -0.4 is 10.1 Å². The molecule has 25 heavy (non-hydrogen) atoms. The van der Waals surface area contributed by atoms with Gasteiger partial charge in [-0.3, -0.25) is 9.78 Å². The molecule has 0 atom stereocenters. The number of carbonyl (C=O) groups excluding carboxylic acids is 1. The highest BCUT2D eigenvalue weighted by atomic mass is 35.5. The predicted molar refractivity (Wildman–Crippen MR) is 100 cm³/mol. The Bertz CT molecular complexity index is 908. The molecule has 3 aromatic rings. The lowest BCUT2D eigenvalue weighted by atomic mass is 10.0. The molecule has 3 rings (SSSR count). The van der Waals surface area contributed by atoms with Crippen molar-refractivity contribution in [2.75, 3.05) is 12.4 Å². The third-order valence-electron chi connectivity index (χ3n) is 3.84. The van der Waals surface area contributed by atoms with E-state index >= 15 is 0 Å². The maximum absolute atomic E-state index is 12.3. The Morgan fingerprint density at radius 2 is 1.88 bits per heavy atom. The summed E-state index contributed by atoms with van der Waals surface area (Å²) in [4.78, 5) is 16.5. The van der Waals surface area contributed by atoms with E-state index in [-0.39, 0.29) is 5.91 Å². The van der Waals surface area contributed by atoms with Gasteiger partial charge in [0, 0.05) is 22.5 Å². The number of halogens is 1. The number of rotatable bonds is 4. The third kappa shape index (κ3) is 3.80. The predicted octanol–water partition coefficient (Wildman–Crippen LogP) is 4.97. The number of anilines is 1. The largest absolute Gasteiger partial charge is 0.496 e. The van der Waals surface area contributed by atoms with E-state index in [0.29, 0.717) is 16.4 Å². The molecule has 1 amide bonds. The van der Waals surface area contributed by atoms with Crippen LogP contribution in [0.4, 0.5) is 5.69 Å². The summed E-state index contributed by atoms with van der Waals surface area (Å²) in [5.41, 5.74) is 3.79. The number of carbonyl (C=O) groups is 1. The number of benzene rings is 2. The van der Waals surface area contributed by atoms with Crippen molar-refractivity contribution in [1.29, 1.82) is 0 Å². The minimum atomic E-state index is -0.230. The summed E-state index contributed by atoms with van der Waals surface area (Å²) in [6.45, 7) is 1.86. The van der Waals surface area contributed by atoms with Gasteiger partial charge in [-0.15, -0.1) is 0 Å². The maximum atomic E-state index is 12.3. The Morgan fingerprint density at radius 3 is 2.56 bits per heavy atom.